The average Bonchev–Trinajstić information content (AvgIpc) is 2.95. The van der Waals surface area contributed by atoms with Gasteiger partial charge in [-0.25, -0.2) is 9.59 Å². The molecule has 0 aromatic rings. The second-order valence-electron chi connectivity index (χ2n) is 4.83. The van der Waals surface area contributed by atoms with Crippen LogP contribution in [0.2, 0.25) is 0 Å². The molecule has 150 valence electrons. The lowest BCUT2D eigenvalue weighted by Crippen LogP contribution is -2.00. The van der Waals surface area contributed by atoms with Gasteiger partial charge in [0.1, 0.15) is 0 Å². The molecule has 0 atom stereocenters. The predicted octanol–water partition coefficient (Wildman–Crippen LogP) is 0.110. The van der Waals surface area contributed by atoms with Crippen LogP contribution in [0.15, 0.2) is 12.2 Å². The minimum atomic E-state index is -0.870. The number of hydrogen-bond acceptors (Lipinski definition) is 8. The number of aliphatic hydroxyl groups is 2. The summed E-state index contributed by atoms with van der Waals surface area (Å²) in [5.74, 6) is -2.90. The number of carboxylic acid groups (broad SMARTS) is 2. The molecule has 1 heterocycles. The van der Waals surface area contributed by atoms with Crippen molar-refractivity contribution in [2.45, 2.75) is 38.5 Å². The second-order valence-corrected chi connectivity index (χ2v) is 4.83. The molecule has 1 aliphatic rings. The van der Waals surface area contributed by atoms with E-state index in [9.17, 15) is 19.2 Å². The van der Waals surface area contributed by atoms with Gasteiger partial charge >= 0.3 is 23.9 Å². The minimum Gasteiger partial charge on any atom is -0.481 e. The Morgan fingerprint density at radius 3 is 1.42 bits per heavy atom. The van der Waals surface area contributed by atoms with Gasteiger partial charge in [0, 0.05) is 51.4 Å². The van der Waals surface area contributed by atoms with Crippen LogP contribution in [0.3, 0.4) is 0 Å². The monoisotopic (exact) mass is 378 g/mol. The molecule has 1 aliphatic heterocycles. The SMILES string of the molecule is O=C(O)CCCCC(=O)O.O=C1C=CC(=O)O1.OCCCOCCCO. The number of carbonyl (C=O) groups is 4. The van der Waals surface area contributed by atoms with E-state index >= 15 is 0 Å². The summed E-state index contributed by atoms with van der Waals surface area (Å²) in [6.07, 6.45) is 4.56. The van der Waals surface area contributed by atoms with E-state index in [1.54, 1.807) is 0 Å². The maximum Gasteiger partial charge on any atom is 0.338 e. The predicted molar refractivity (Wildman–Crippen MR) is 88.2 cm³/mol. The third-order valence-corrected chi connectivity index (χ3v) is 2.48. The van der Waals surface area contributed by atoms with Gasteiger partial charge in [-0.2, -0.15) is 0 Å². The number of cyclic esters (lactones) is 2. The first-order valence-corrected chi connectivity index (χ1v) is 8.00. The minimum absolute atomic E-state index is 0.0628. The fourth-order valence-corrected chi connectivity index (χ4v) is 1.29. The van der Waals surface area contributed by atoms with E-state index in [1.165, 1.54) is 0 Å². The number of aliphatic carboxylic acids is 2. The Hall–Kier alpha value is -2.30. The van der Waals surface area contributed by atoms with Crippen LogP contribution in [-0.4, -0.2) is 70.7 Å². The van der Waals surface area contributed by atoms with Gasteiger partial charge in [-0.1, -0.05) is 0 Å². The third-order valence-electron chi connectivity index (χ3n) is 2.48. The maximum atomic E-state index is 9.92. The number of carboxylic acids is 2. The van der Waals surface area contributed by atoms with Gasteiger partial charge in [0.25, 0.3) is 0 Å². The molecular weight excluding hydrogens is 352 g/mol. The Labute approximate surface area is 151 Å². The highest BCUT2D eigenvalue weighted by atomic mass is 16.6. The number of carbonyl (C=O) groups excluding carboxylic acids is 2. The standard InChI is InChI=1S/C6H10O4.C6H14O3.C4H2O3/c7-5(8)3-1-2-4-6(9)10;7-3-1-5-9-6-2-4-8;5-3-1-2-4(6)7-3/h1-4H2,(H,7,8)(H,9,10);7-8H,1-6H2;1-2H. The summed E-state index contributed by atoms with van der Waals surface area (Å²) in [5.41, 5.74) is 0. The highest BCUT2D eigenvalue weighted by Gasteiger charge is 2.10. The number of rotatable bonds is 11. The molecule has 10 heteroatoms. The van der Waals surface area contributed by atoms with E-state index in [0.29, 0.717) is 38.9 Å². The van der Waals surface area contributed by atoms with Crippen LogP contribution in [0.1, 0.15) is 38.5 Å². The number of unbranched alkanes of at least 4 members (excludes halogenated alkanes) is 1. The average molecular weight is 378 g/mol. The highest BCUT2D eigenvalue weighted by molar-refractivity contribution is 6.04. The zero-order chi connectivity index (χ0) is 20.2. The van der Waals surface area contributed by atoms with Crippen LogP contribution >= 0.6 is 0 Å². The van der Waals surface area contributed by atoms with Gasteiger partial charge < -0.3 is 29.9 Å². The molecule has 10 nitrogen and oxygen atoms in total. The molecule has 0 saturated heterocycles. The second kappa shape index (κ2) is 19.0. The number of hydrogen-bond donors (Lipinski definition) is 4. The summed E-state index contributed by atoms with van der Waals surface area (Å²) in [6, 6.07) is 0. The van der Waals surface area contributed by atoms with Gasteiger partial charge in [0.05, 0.1) is 0 Å². The van der Waals surface area contributed by atoms with Crippen LogP contribution < -0.4 is 0 Å². The Morgan fingerprint density at radius 2 is 1.19 bits per heavy atom. The first kappa shape index (κ1) is 25.9. The normalized spacial score (nSPS) is 11.8. The molecule has 0 fully saturated rings. The van der Waals surface area contributed by atoms with Gasteiger partial charge in [0.2, 0.25) is 0 Å². The van der Waals surface area contributed by atoms with E-state index < -0.39 is 23.9 Å². The van der Waals surface area contributed by atoms with Gasteiger partial charge in [-0.3, -0.25) is 9.59 Å². The zero-order valence-corrected chi connectivity index (χ0v) is 14.5. The van der Waals surface area contributed by atoms with Crippen molar-refractivity contribution in [2.24, 2.45) is 0 Å². The first-order chi connectivity index (χ1) is 12.3. The maximum absolute atomic E-state index is 9.92. The number of aliphatic hydroxyl groups excluding tert-OH is 2. The fraction of sp³-hybridized carbons (Fsp3) is 0.625. The lowest BCUT2D eigenvalue weighted by molar-refractivity contribution is -0.150. The number of esters is 2. The van der Waals surface area contributed by atoms with E-state index in [0.717, 1.165) is 12.2 Å². The molecule has 0 aromatic carbocycles. The van der Waals surface area contributed by atoms with Crippen LogP contribution in [0, 0.1) is 0 Å². The summed E-state index contributed by atoms with van der Waals surface area (Å²) < 4.78 is 8.97. The fourth-order valence-electron chi connectivity index (χ4n) is 1.29. The van der Waals surface area contributed by atoms with Crippen molar-refractivity contribution in [3.8, 4) is 0 Å². The molecule has 0 radical (unpaired) electrons. The molecule has 4 N–H and O–H groups in total. The molecule has 0 amide bonds. The molecule has 0 saturated carbocycles. The summed E-state index contributed by atoms with van der Waals surface area (Å²) in [6.45, 7) is 1.55. The lowest BCUT2D eigenvalue weighted by atomic mass is 10.2. The molecule has 0 unspecified atom stereocenters. The van der Waals surface area contributed by atoms with Crippen molar-refractivity contribution in [1.82, 2.24) is 0 Å². The Kier molecular flexibility index (Phi) is 19.0. The molecule has 0 spiro atoms. The van der Waals surface area contributed by atoms with Crippen LogP contribution in [0.5, 0.6) is 0 Å². The highest BCUT2D eigenvalue weighted by Crippen LogP contribution is 1.98. The molecule has 26 heavy (non-hydrogen) atoms. The van der Waals surface area contributed by atoms with Crippen molar-refractivity contribution in [1.29, 1.82) is 0 Å². The third kappa shape index (κ3) is 24.0. The molecule has 0 bridgehead atoms. The Bertz CT molecular complexity index is 406. The van der Waals surface area contributed by atoms with Crippen LogP contribution in [0.25, 0.3) is 0 Å². The van der Waals surface area contributed by atoms with E-state index in [4.69, 9.17) is 25.2 Å². The van der Waals surface area contributed by atoms with Gasteiger partial charge in [-0.15, -0.1) is 0 Å². The zero-order valence-electron chi connectivity index (χ0n) is 14.5. The topological polar surface area (TPSA) is 168 Å². The summed E-state index contributed by atoms with van der Waals surface area (Å²) in [4.78, 5) is 39.6. The van der Waals surface area contributed by atoms with Crippen LogP contribution in [-0.2, 0) is 28.7 Å². The smallest absolute Gasteiger partial charge is 0.338 e. The van der Waals surface area contributed by atoms with Gasteiger partial charge in [-0.05, 0) is 25.7 Å². The molecular formula is C16H26O10. The van der Waals surface area contributed by atoms with Crippen LogP contribution in [0.4, 0.5) is 0 Å². The van der Waals surface area contributed by atoms with E-state index in [-0.39, 0.29) is 26.1 Å². The molecule has 0 aliphatic carbocycles. The summed E-state index contributed by atoms with van der Waals surface area (Å²) in [5, 5.41) is 32.8. The van der Waals surface area contributed by atoms with Crippen molar-refractivity contribution in [2.75, 3.05) is 26.4 Å². The lowest BCUT2D eigenvalue weighted by Gasteiger charge is -1.99. The largest absolute Gasteiger partial charge is 0.481 e. The Morgan fingerprint density at radius 1 is 0.808 bits per heavy atom. The van der Waals surface area contributed by atoms with Crippen molar-refractivity contribution in [3.63, 3.8) is 0 Å². The molecule has 0 aromatic heterocycles. The summed E-state index contributed by atoms with van der Waals surface area (Å²) >= 11 is 0. The molecule has 1 rings (SSSR count). The Balaban J connectivity index is 0. The first-order valence-electron chi connectivity index (χ1n) is 8.00. The van der Waals surface area contributed by atoms with E-state index in [2.05, 4.69) is 4.74 Å². The number of ether oxygens (including phenoxy) is 2. The van der Waals surface area contributed by atoms with Crippen molar-refractivity contribution < 1.29 is 49.1 Å². The van der Waals surface area contributed by atoms with E-state index in [1.807, 2.05) is 0 Å². The van der Waals surface area contributed by atoms with Crippen molar-refractivity contribution in [3.05, 3.63) is 12.2 Å². The quantitative estimate of drug-likeness (QED) is 0.220. The van der Waals surface area contributed by atoms with Gasteiger partial charge in [0.15, 0.2) is 0 Å². The van der Waals surface area contributed by atoms with Crippen molar-refractivity contribution >= 4 is 23.9 Å². The summed E-state index contributed by atoms with van der Waals surface area (Å²) in [7, 11) is 0.